The van der Waals surface area contributed by atoms with Gasteiger partial charge in [-0.05, 0) is 30.3 Å². The zero-order valence-electron chi connectivity index (χ0n) is 14.9. The van der Waals surface area contributed by atoms with Gasteiger partial charge in [0.2, 0.25) is 11.8 Å². The molecule has 3 heterocycles. The fourth-order valence-electron chi connectivity index (χ4n) is 2.94. The highest BCUT2D eigenvalue weighted by atomic mass is 16.5. The molecule has 3 aromatic heterocycles. The molecule has 1 aromatic carbocycles. The number of methoxy groups -OCH3 is 1. The van der Waals surface area contributed by atoms with E-state index in [9.17, 15) is 4.79 Å². The Balaban J connectivity index is 1.95. The van der Waals surface area contributed by atoms with Gasteiger partial charge in [0.15, 0.2) is 11.0 Å². The van der Waals surface area contributed by atoms with Crippen molar-refractivity contribution in [1.29, 1.82) is 0 Å². The Labute approximate surface area is 155 Å². The van der Waals surface area contributed by atoms with Gasteiger partial charge in [0.25, 0.3) is 0 Å². The number of ether oxygens (including phenoxy) is 1. The van der Waals surface area contributed by atoms with Crippen LogP contribution in [0.5, 0.6) is 5.88 Å². The summed E-state index contributed by atoms with van der Waals surface area (Å²) in [6.45, 7) is 0. The summed E-state index contributed by atoms with van der Waals surface area (Å²) < 4.78 is 11.5. The van der Waals surface area contributed by atoms with E-state index in [2.05, 4.69) is 9.97 Å². The third-order valence-electron chi connectivity index (χ3n) is 4.32. The number of fused-ring (bicyclic) bond motifs is 1. The van der Waals surface area contributed by atoms with Crippen LogP contribution in [0.1, 0.15) is 0 Å². The van der Waals surface area contributed by atoms with E-state index in [1.165, 1.54) is 6.07 Å². The van der Waals surface area contributed by atoms with Gasteiger partial charge in [-0.3, -0.25) is 9.78 Å². The fraction of sp³-hybridized carbons (Fsp3) is 0.0952. The predicted molar refractivity (Wildman–Crippen MR) is 105 cm³/mol. The maximum Gasteiger partial charge on any atom is 0.222 e. The molecule has 0 fully saturated rings. The first-order valence-electron chi connectivity index (χ1n) is 8.40. The Morgan fingerprint density at radius 2 is 1.81 bits per heavy atom. The van der Waals surface area contributed by atoms with Crippen LogP contribution >= 0.6 is 0 Å². The van der Waals surface area contributed by atoms with Crippen molar-refractivity contribution >= 4 is 22.5 Å². The maximum absolute atomic E-state index is 12.7. The lowest BCUT2D eigenvalue weighted by molar-refractivity contribution is 0.399. The Kier molecular flexibility index (Phi) is 4.30. The van der Waals surface area contributed by atoms with E-state index >= 15 is 0 Å². The number of hydrogen-bond donors (Lipinski definition) is 0. The zero-order valence-corrected chi connectivity index (χ0v) is 14.9. The molecule has 0 saturated heterocycles. The normalized spacial score (nSPS) is 10.7. The largest absolute Gasteiger partial charge is 0.481 e. The van der Waals surface area contributed by atoms with Crippen molar-refractivity contribution in [3.05, 3.63) is 77.2 Å². The number of anilines is 2. The van der Waals surface area contributed by atoms with Gasteiger partial charge < -0.3 is 14.1 Å². The van der Waals surface area contributed by atoms with Crippen molar-refractivity contribution < 1.29 is 9.15 Å². The molecule has 134 valence electrons. The molecule has 6 heteroatoms. The van der Waals surface area contributed by atoms with Gasteiger partial charge >= 0.3 is 0 Å². The minimum Gasteiger partial charge on any atom is -0.481 e. The van der Waals surface area contributed by atoms with Crippen molar-refractivity contribution in [3.63, 3.8) is 0 Å². The second-order valence-corrected chi connectivity index (χ2v) is 5.94. The van der Waals surface area contributed by atoms with Crippen LogP contribution in [0.2, 0.25) is 0 Å². The molecule has 0 aliphatic heterocycles. The number of benzene rings is 1. The van der Waals surface area contributed by atoms with Crippen LogP contribution in [-0.2, 0) is 0 Å². The summed E-state index contributed by atoms with van der Waals surface area (Å²) in [5.41, 5.74) is 2.34. The quantitative estimate of drug-likeness (QED) is 0.548. The molecule has 0 amide bonds. The molecule has 0 spiro atoms. The molecule has 0 N–H and O–H groups in total. The zero-order chi connectivity index (χ0) is 18.8. The van der Waals surface area contributed by atoms with Crippen LogP contribution in [0.3, 0.4) is 0 Å². The molecular weight excluding hydrogens is 342 g/mol. The highest BCUT2D eigenvalue weighted by molar-refractivity contribution is 5.91. The Morgan fingerprint density at radius 3 is 2.59 bits per heavy atom. The van der Waals surface area contributed by atoms with E-state index in [1.54, 1.807) is 31.6 Å². The summed E-state index contributed by atoms with van der Waals surface area (Å²) in [7, 11) is 3.39. The van der Waals surface area contributed by atoms with Gasteiger partial charge in [0.05, 0.1) is 18.1 Å². The first-order valence-corrected chi connectivity index (χ1v) is 8.40. The van der Waals surface area contributed by atoms with Crippen LogP contribution in [0.25, 0.3) is 22.2 Å². The smallest absolute Gasteiger partial charge is 0.222 e. The second kappa shape index (κ2) is 6.92. The van der Waals surface area contributed by atoms with Crippen molar-refractivity contribution in [2.75, 3.05) is 19.1 Å². The van der Waals surface area contributed by atoms with Crippen LogP contribution < -0.4 is 15.1 Å². The molecule has 6 nitrogen and oxygen atoms in total. The summed E-state index contributed by atoms with van der Waals surface area (Å²) in [6.07, 6.45) is 3.22. The van der Waals surface area contributed by atoms with Gasteiger partial charge in [0, 0.05) is 31.2 Å². The number of nitrogens with zero attached hydrogens (tertiary/aromatic N) is 3. The van der Waals surface area contributed by atoms with Crippen molar-refractivity contribution in [2.24, 2.45) is 0 Å². The van der Waals surface area contributed by atoms with E-state index in [4.69, 9.17) is 9.15 Å². The molecule has 0 bridgehead atoms. The topological polar surface area (TPSA) is 68.5 Å². The van der Waals surface area contributed by atoms with Crippen LogP contribution in [-0.4, -0.2) is 24.1 Å². The molecule has 0 radical (unpaired) electrons. The van der Waals surface area contributed by atoms with Gasteiger partial charge in [-0.25, -0.2) is 4.98 Å². The van der Waals surface area contributed by atoms with Crippen LogP contribution in [0, 0.1) is 0 Å². The van der Waals surface area contributed by atoms with Crippen molar-refractivity contribution in [1.82, 2.24) is 9.97 Å². The standard InChI is InChI=1S/C21H17N3O3/c1-24(14-7-4-3-5-8-14)18-13-17(25)15-10-12-22-19(20(15)27-18)16-9-6-11-23-21(16)26-2/h3-13H,1-2H3. The highest BCUT2D eigenvalue weighted by Gasteiger charge is 2.17. The van der Waals surface area contributed by atoms with E-state index in [0.717, 1.165) is 5.69 Å². The van der Waals surface area contributed by atoms with E-state index < -0.39 is 0 Å². The summed E-state index contributed by atoms with van der Waals surface area (Å²) in [6, 6.07) is 16.4. The first kappa shape index (κ1) is 16.8. The monoisotopic (exact) mass is 359 g/mol. The Hall–Kier alpha value is -3.67. The first-order chi connectivity index (χ1) is 13.2. The lowest BCUT2D eigenvalue weighted by Gasteiger charge is -2.18. The van der Waals surface area contributed by atoms with E-state index in [0.29, 0.717) is 34.0 Å². The summed E-state index contributed by atoms with van der Waals surface area (Å²) in [4.78, 5) is 23.2. The maximum atomic E-state index is 12.7. The number of hydrogen-bond acceptors (Lipinski definition) is 6. The van der Waals surface area contributed by atoms with Gasteiger partial charge in [-0.1, -0.05) is 18.2 Å². The lowest BCUT2D eigenvalue weighted by Crippen LogP contribution is -2.13. The van der Waals surface area contributed by atoms with Crippen molar-refractivity contribution in [2.45, 2.75) is 0 Å². The van der Waals surface area contributed by atoms with Crippen LogP contribution in [0.15, 0.2) is 76.2 Å². The average Bonchev–Trinajstić information content (AvgIpc) is 2.73. The van der Waals surface area contributed by atoms with E-state index in [1.807, 2.05) is 48.3 Å². The molecular formula is C21H17N3O3. The summed E-state index contributed by atoms with van der Waals surface area (Å²) in [5.74, 6) is 0.845. The molecule has 0 atom stereocenters. The minimum absolute atomic E-state index is 0.138. The van der Waals surface area contributed by atoms with Gasteiger partial charge in [-0.2, -0.15) is 0 Å². The molecule has 0 aliphatic carbocycles. The summed E-state index contributed by atoms with van der Waals surface area (Å²) >= 11 is 0. The number of pyridine rings is 2. The molecule has 0 aliphatic rings. The molecule has 27 heavy (non-hydrogen) atoms. The minimum atomic E-state index is -0.138. The third-order valence-corrected chi connectivity index (χ3v) is 4.32. The van der Waals surface area contributed by atoms with Gasteiger partial charge in [-0.15, -0.1) is 0 Å². The molecule has 4 aromatic rings. The molecule has 0 saturated carbocycles. The highest BCUT2D eigenvalue weighted by Crippen LogP contribution is 2.33. The fourth-order valence-corrected chi connectivity index (χ4v) is 2.94. The number of para-hydroxylation sites is 1. The Bertz CT molecular complexity index is 1160. The second-order valence-electron chi connectivity index (χ2n) is 5.94. The third kappa shape index (κ3) is 3.01. The SMILES string of the molecule is COc1ncccc1-c1nccc2c(=O)cc(N(C)c3ccccc3)oc12. The number of rotatable bonds is 4. The van der Waals surface area contributed by atoms with Gasteiger partial charge in [0.1, 0.15) is 5.69 Å². The van der Waals surface area contributed by atoms with E-state index in [-0.39, 0.29) is 5.43 Å². The Morgan fingerprint density at radius 1 is 1.00 bits per heavy atom. The number of aromatic nitrogens is 2. The summed E-state index contributed by atoms with van der Waals surface area (Å²) in [5, 5.41) is 0.455. The molecule has 4 rings (SSSR count). The lowest BCUT2D eigenvalue weighted by atomic mass is 10.1. The van der Waals surface area contributed by atoms with Crippen molar-refractivity contribution in [3.8, 4) is 17.1 Å². The molecule has 0 unspecified atom stereocenters. The average molecular weight is 359 g/mol. The predicted octanol–water partition coefficient (Wildman–Crippen LogP) is 4.03. The van der Waals surface area contributed by atoms with Crippen LogP contribution in [0.4, 0.5) is 11.6 Å².